The first kappa shape index (κ1) is 20.6. The van der Waals surface area contributed by atoms with E-state index in [1.165, 1.54) is 18.7 Å². The van der Waals surface area contributed by atoms with Crippen LogP contribution in [0, 0.1) is 0 Å². The lowest BCUT2D eigenvalue weighted by atomic mass is 9.94. The Morgan fingerprint density at radius 2 is 1.96 bits per heavy atom. The second kappa shape index (κ2) is 7.63. The number of hydrogen-bond acceptors (Lipinski definition) is 5. The van der Waals surface area contributed by atoms with Crippen LogP contribution in [0.5, 0.6) is 0 Å². The van der Waals surface area contributed by atoms with E-state index >= 15 is 0 Å². The number of nitrogens with zero attached hydrogens (tertiary/aromatic N) is 1. The fourth-order valence-electron chi connectivity index (χ4n) is 3.02. The largest absolute Gasteiger partial charge is 0.479 e. The van der Waals surface area contributed by atoms with Crippen molar-refractivity contribution >= 4 is 30.4 Å². The van der Waals surface area contributed by atoms with Crippen LogP contribution in [0.3, 0.4) is 0 Å². The molecule has 3 unspecified atom stereocenters. The fraction of sp³-hybridized carbons (Fsp3) is 0.846. The molecule has 8 nitrogen and oxygen atoms in total. The van der Waals surface area contributed by atoms with Crippen LogP contribution in [-0.4, -0.2) is 72.8 Å². The zero-order chi connectivity index (χ0) is 17.9. The Morgan fingerprint density at radius 3 is 2.43 bits per heavy atom. The number of aliphatic hydroxyl groups is 1. The maximum atomic E-state index is 11.5. The molecular formula is C13H25NO7PS+. The first-order valence-electron chi connectivity index (χ1n) is 7.41. The number of piperidine rings is 1. The van der Waals surface area contributed by atoms with Crippen molar-refractivity contribution in [2.24, 2.45) is 0 Å². The average molecular weight is 370 g/mol. The van der Waals surface area contributed by atoms with Crippen molar-refractivity contribution in [1.82, 2.24) is 0 Å². The number of carbonyl (C=O) groups excluding carboxylic acids is 1. The van der Waals surface area contributed by atoms with Gasteiger partial charge in [0, 0.05) is 6.92 Å². The number of rotatable bonds is 7. The zero-order valence-corrected chi connectivity index (χ0v) is 15.1. The van der Waals surface area contributed by atoms with Crippen LogP contribution in [-0.2, 0) is 14.2 Å². The van der Waals surface area contributed by atoms with Gasteiger partial charge in [-0.2, -0.15) is 0 Å². The number of likely N-dealkylation sites (tertiary alicyclic amines) is 1. The summed E-state index contributed by atoms with van der Waals surface area (Å²) >= 11 is 1.17. The van der Waals surface area contributed by atoms with E-state index < -0.39 is 25.3 Å². The van der Waals surface area contributed by atoms with Gasteiger partial charge in [0.05, 0.1) is 38.4 Å². The van der Waals surface area contributed by atoms with Gasteiger partial charge in [-0.15, -0.1) is 0 Å². The highest BCUT2D eigenvalue weighted by atomic mass is 32.2. The minimum Gasteiger partial charge on any atom is -0.479 e. The van der Waals surface area contributed by atoms with Crippen LogP contribution in [0.4, 0.5) is 0 Å². The van der Waals surface area contributed by atoms with Gasteiger partial charge in [0.25, 0.3) is 5.34 Å². The molecule has 0 aromatic rings. The minimum atomic E-state index is -5.22. The summed E-state index contributed by atoms with van der Waals surface area (Å²) in [7, 11) is -3.34. The highest BCUT2D eigenvalue weighted by Crippen LogP contribution is 2.52. The van der Waals surface area contributed by atoms with Crippen LogP contribution in [0.1, 0.15) is 32.6 Å². The van der Waals surface area contributed by atoms with E-state index in [9.17, 15) is 29.0 Å². The van der Waals surface area contributed by atoms with Gasteiger partial charge in [0.2, 0.25) is 0 Å². The van der Waals surface area contributed by atoms with Gasteiger partial charge >= 0.3 is 13.6 Å². The predicted octanol–water partition coefficient (Wildman–Crippen LogP) is 0.606. The van der Waals surface area contributed by atoms with E-state index in [1.54, 1.807) is 0 Å². The fourth-order valence-corrected chi connectivity index (χ4v) is 4.51. The number of carboxylic acids is 1. The van der Waals surface area contributed by atoms with E-state index in [-0.39, 0.29) is 11.2 Å². The highest BCUT2D eigenvalue weighted by molar-refractivity contribution is 8.13. The number of aliphatic carboxylic acids is 1. The summed E-state index contributed by atoms with van der Waals surface area (Å²) in [5.41, 5.74) is 0. The molecule has 3 atom stereocenters. The average Bonchev–Trinajstić information content (AvgIpc) is 2.39. The van der Waals surface area contributed by atoms with Crippen molar-refractivity contribution in [1.29, 1.82) is 0 Å². The topological polar surface area (TPSA) is 132 Å². The summed E-state index contributed by atoms with van der Waals surface area (Å²) in [5.74, 6) is -1.36. The summed E-state index contributed by atoms with van der Waals surface area (Å²) in [6, 6.07) is -0.384. The molecular weight excluding hydrogens is 345 g/mol. The first-order chi connectivity index (χ1) is 10.4. The van der Waals surface area contributed by atoms with Crippen molar-refractivity contribution in [3.05, 3.63) is 0 Å². The molecule has 4 N–H and O–H groups in total. The Bertz CT molecular complexity index is 511. The Labute approximate surface area is 139 Å². The third-order valence-corrected chi connectivity index (χ3v) is 6.72. The Kier molecular flexibility index (Phi) is 6.84. The molecule has 1 heterocycles. The maximum Gasteiger partial charge on any atom is 0.368 e. The number of carbonyl (C=O) groups is 2. The molecule has 10 heteroatoms. The lowest BCUT2D eigenvalue weighted by Gasteiger charge is -2.46. The smallest absolute Gasteiger partial charge is 0.368 e. The Morgan fingerprint density at radius 1 is 1.35 bits per heavy atom. The van der Waals surface area contributed by atoms with E-state index in [0.29, 0.717) is 23.2 Å². The molecule has 134 valence electrons. The summed E-state index contributed by atoms with van der Waals surface area (Å²) < 4.78 is 11.9. The molecule has 1 aliphatic rings. The minimum absolute atomic E-state index is 0.0117. The molecule has 1 fully saturated rings. The van der Waals surface area contributed by atoms with Crippen LogP contribution >= 0.6 is 19.4 Å². The SMILES string of the molecule is CC(=O)SCC[N+]1(C)CCCCC1CC(O)(C(=O)O)P(=O)(O)O. The van der Waals surface area contributed by atoms with E-state index in [4.69, 9.17) is 5.11 Å². The lowest BCUT2D eigenvalue weighted by Crippen LogP contribution is -2.59. The molecule has 1 rings (SSSR count). The van der Waals surface area contributed by atoms with Crippen molar-refractivity contribution in [2.75, 3.05) is 25.9 Å². The lowest BCUT2D eigenvalue weighted by molar-refractivity contribution is -0.936. The molecule has 1 saturated heterocycles. The second-order valence-corrected chi connectivity index (χ2v) is 9.39. The van der Waals surface area contributed by atoms with Gasteiger partial charge in [0.15, 0.2) is 5.12 Å². The van der Waals surface area contributed by atoms with E-state index in [1.807, 2.05) is 7.05 Å². The molecule has 0 amide bonds. The van der Waals surface area contributed by atoms with Gasteiger partial charge in [-0.1, -0.05) is 11.8 Å². The number of thioether (sulfide) groups is 1. The third-order valence-electron chi connectivity index (χ3n) is 4.59. The molecule has 0 radical (unpaired) electrons. The molecule has 0 saturated carbocycles. The Balaban J connectivity index is 2.94. The van der Waals surface area contributed by atoms with E-state index in [0.717, 1.165) is 19.4 Å². The standard InChI is InChI=1S/C13H24NO7PS/c1-10(15)23-8-7-14(2)6-4-3-5-11(14)9-13(18,12(16)17)22(19,20)21/h11,18H,3-9H2,1-2H3,(H2-,16,17,19,20,21)/p+1. The molecule has 23 heavy (non-hydrogen) atoms. The van der Waals surface area contributed by atoms with Crippen LogP contribution < -0.4 is 0 Å². The van der Waals surface area contributed by atoms with Crippen molar-refractivity contribution in [3.63, 3.8) is 0 Å². The molecule has 0 spiro atoms. The van der Waals surface area contributed by atoms with Gasteiger partial charge < -0.3 is 24.5 Å². The van der Waals surface area contributed by atoms with Crippen LogP contribution in [0.2, 0.25) is 0 Å². The molecule has 0 aromatic carbocycles. The molecule has 0 aliphatic carbocycles. The van der Waals surface area contributed by atoms with Crippen molar-refractivity contribution in [2.45, 2.75) is 44.0 Å². The predicted molar refractivity (Wildman–Crippen MR) is 85.9 cm³/mol. The monoisotopic (exact) mass is 370 g/mol. The first-order valence-corrected chi connectivity index (χ1v) is 10.0. The van der Waals surface area contributed by atoms with Gasteiger partial charge in [-0.05, 0) is 19.3 Å². The molecule has 1 aliphatic heterocycles. The Hall–Kier alpha value is -0.440. The summed E-state index contributed by atoms with van der Waals surface area (Å²) in [6.45, 7) is 2.76. The number of hydrogen-bond donors (Lipinski definition) is 4. The van der Waals surface area contributed by atoms with Crippen molar-refractivity contribution in [3.8, 4) is 0 Å². The zero-order valence-electron chi connectivity index (χ0n) is 13.3. The van der Waals surface area contributed by atoms with E-state index in [2.05, 4.69) is 0 Å². The molecule has 0 bridgehead atoms. The van der Waals surface area contributed by atoms with Crippen LogP contribution in [0.15, 0.2) is 0 Å². The third kappa shape index (κ3) is 5.01. The number of carboxylic acid groups (broad SMARTS) is 1. The van der Waals surface area contributed by atoms with Crippen molar-refractivity contribution < 1.29 is 38.6 Å². The van der Waals surface area contributed by atoms with Crippen LogP contribution in [0.25, 0.3) is 0 Å². The quantitative estimate of drug-likeness (QED) is 0.378. The number of quaternary nitrogens is 1. The normalized spacial score (nSPS) is 28.1. The summed E-state index contributed by atoms with van der Waals surface area (Å²) in [5, 5.41) is 16.1. The summed E-state index contributed by atoms with van der Waals surface area (Å²) in [4.78, 5) is 40.9. The van der Waals surface area contributed by atoms with Gasteiger partial charge in [-0.25, -0.2) is 4.79 Å². The van der Waals surface area contributed by atoms with Gasteiger partial charge in [0.1, 0.15) is 0 Å². The summed E-state index contributed by atoms with van der Waals surface area (Å²) in [6.07, 6.45) is 1.80. The second-order valence-electron chi connectivity index (χ2n) is 6.29. The highest BCUT2D eigenvalue weighted by Gasteiger charge is 2.56. The van der Waals surface area contributed by atoms with Gasteiger partial charge in [-0.3, -0.25) is 9.36 Å². The maximum absolute atomic E-state index is 11.5. The molecule has 0 aromatic heterocycles.